The van der Waals surface area contributed by atoms with Crippen LogP contribution in [0.3, 0.4) is 0 Å². The summed E-state index contributed by atoms with van der Waals surface area (Å²) in [5.41, 5.74) is 2.03. The van der Waals surface area contributed by atoms with Crippen LogP contribution in [0.4, 0.5) is 4.79 Å². The van der Waals surface area contributed by atoms with Gasteiger partial charge in [-0.25, -0.2) is 4.79 Å². The normalized spacial score (nSPS) is 20.2. The van der Waals surface area contributed by atoms with E-state index < -0.39 is 12.1 Å². The van der Waals surface area contributed by atoms with Gasteiger partial charge >= 0.3 is 6.03 Å². The summed E-state index contributed by atoms with van der Waals surface area (Å²) in [5.74, 6) is 0.893. The Hall–Kier alpha value is -3.03. The third kappa shape index (κ3) is 6.02. The van der Waals surface area contributed by atoms with E-state index in [1.54, 1.807) is 6.26 Å². The molecular weight excluding hydrogens is 406 g/mol. The molecule has 2 aliphatic heterocycles. The number of nitrogens with one attached hydrogen (secondary N) is 2. The number of allylic oxidation sites excluding steroid dienone is 4. The summed E-state index contributed by atoms with van der Waals surface area (Å²) in [6.07, 6.45) is 12.0. The smallest absolute Gasteiger partial charge is 0.315 e. The molecule has 3 N–H and O–H groups in total. The second-order valence-electron chi connectivity index (χ2n) is 8.27. The number of hydrogen-bond donors (Lipinski definition) is 3. The molecule has 32 heavy (non-hydrogen) atoms. The Labute approximate surface area is 189 Å². The zero-order valence-electron chi connectivity index (χ0n) is 18.2. The molecule has 0 saturated carbocycles. The Kier molecular flexibility index (Phi) is 7.64. The first-order chi connectivity index (χ1) is 15.7. The third-order valence-corrected chi connectivity index (χ3v) is 5.86. The van der Waals surface area contributed by atoms with Crippen molar-refractivity contribution in [2.24, 2.45) is 0 Å². The number of aliphatic hydroxyl groups is 1. The van der Waals surface area contributed by atoms with Crippen LogP contribution in [0.2, 0.25) is 0 Å². The van der Waals surface area contributed by atoms with Crippen LogP contribution in [0.25, 0.3) is 0 Å². The largest absolute Gasteiger partial charge is 0.465 e. The number of hydrogen-bond acceptors (Lipinski definition) is 5. The van der Waals surface area contributed by atoms with Gasteiger partial charge in [0.2, 0.25) is 0 Å². The van der Waals surface area contributed by atoms with E-state index in [-0.39, 0.29) is 6.03 Å². The van der Waals surface area contributed by atoms with Crippen molar-refractivity contribution in [2.75, 3.05) is 19.6 Å². The summed E-state index contributed by atoms with van der Waals surface area (Å²) in [5, 5.41) is 17.0. The summed E-state index contributed by atoms with van der Waals surface area (Å²) < 4.78 is 11.5. The van der Waals surface area contributed by atoms with Crippen LogP contribution in [0.15, 0.2) is 78.2 Å². The minimum atomic E-state index is -1.04. The molecule has 2 atom stereocenters. The first-order valence-corrected chi connectivity index (χ1v) is 11.3. The maximum absolute atomic E-state index is 12.6. The molecule has 7 nitrogen and oxygen atoms in total. The predicted molar refractivity (Wildman–Crippen MR) is 122 cm³/mol. The maximum Gasteiger partial charge on any atom is 0.315 e. The zero-order valence-corrected chi connectivity index (χ0v) is 18.2. The van der Waals surface area contributed by atoms with Crippen molar-refractivity contribution in [3.63, 3.8) is 0 Å². The highest BCUT2D eigenvalue weighted by Gasteiger charge is 2.31. The summed E-state index contributed by atoms with van der Waals surface area (Å²) in [7, 11) is 0. The summed E-state index contributed by atoms with van der Waals surface area (Å²) in [6, 6.07) is 8.85. The average Bonchev–Trinajstić information content (AvgIpc) is 3.36. The van der Waals surface area contributed by atoms with Crippen molar-refractivity contribution in [1.82, 2.24) is 15.5 Å². The molecule has 0 aromatic heterocycles. The lowest BCUT2D eigenvalue weighted by Gasteiger charge is -2.30. The first-order valence-electron chi connectivity index (χ1n) is 11.3. The van der Waals surface area contributed by atoms with Gasteiger partial charge in [-0.2, -0.15) is 0 Å². The summed E-state index contributed by atoms with van der Waals surface area (Å²) in [6.45, 7) is 2.86. The van der Waals surface area contributed by atoms with Crippen molar-refractivity contribution in [3.8, 4) is 0 Å². The van der Waals surface area contributed by atoms with Gasteiger partial charge in [-0.1, -0.05) is 48.6 Å². The lowest BCUT2D eigenvalue weighted by molar-refractivity contribution is 0.0743. The van der Waals surface area contributed by atoms with Crippen LogP contribution < -0.4 is 10.6 Å². The Bertz CT molecular complexity index is 901. The van der Waals surface area contributed by atoms with E-state index in [1.165, 1.54) is 6.26 Å². The molecule has 0 bridgehead atoms. The molecular formula is C25H31N3O4. The molecule has 7 heteroatoms. The SMILES string of the molecule is O=C(NCc1ccccc1)N[C@H](CN1CCCC1)[C@@H](O)C1=COC=C(C2=CC=CCC2)O1. The Morgan fingerprint density at radius 1 is 1.16 bits per heavy atom. The number of likely N-dealkylation sites (tertiary alicyclic amines) is 1. The van der Waals surface area contributed by atoms with Gasteiger partial charge in [-0.15, -0.1) is 0 Å². The fraction of sp³-hybridized carbons (Fsp3) is 0.400. The van der Waals surface area contributed by atoms with Crippen molar-refractivity contribution >= 4 is 6.03 Å². The van der Waals surface area contributed by atoms with Crippen LogP contribution >= 0.6 is 0 Å². The number of carbonyl (C=O) groups is 1. The molecule has 0 unspecified atom stereocenters. The Morgan fingerprint density at radius 3 is 2.72 bits per heavy atom. The molecule has 1 aromatic carbocycles. The Morgan fingerprint density at radius 2 is 1.97 bits per heavy atom. The van der Waals surface area contributed by atoms with E-state index in [4.69, 9.17) is 9.47 Å². The van der Waals surface area contributed by atoms with E-state index in [9.17, 15) is 9.90 Å². The Balaban J connectivity index is 1.39. The lowest BCUT2D eigenvalue weighted by Crippen LogP contribution is -2.53. The number of nitrogens with zero attached hydrogens (tertiary/aromatic N) is 1. The van der Waals surface area contributed by atoms with Crippen molar-refractivity contribution in [1.29, 1.82) is 0 Å². The predicted octanol–water partition coefficient (Wildman–Crippen LogP) is 3.32. The van der Waals surface area contributed by atoms with E-state index in [0.717, 1.165) is 49.9 Å². The van der Waals surface area contributed by atoms with Gasteiger partial charge in [0, 0.05) is 13.1 Å². The molecule has 1 saturated heterocycles. The van der Waals surface area contributed by atoms with Crippen LogP contribution in [0, 0.1) is 0 Å². The van der Waals surface area contributed by atoms with Crippen LogP contribution in [0.1, 0.15) is 31.2 Å². The van der Waals surface area contributed by atoms with Crippen LogP contribution in [0.5, 0.6) is 0 Å². The third-order valence-electron chi connectivity index (χ3n) is 5.86. The van der Waals surface area contributed by atoms with Crippen molar-refractivity contribution < 1.29 is 19.4 Å². The highest BCUT2D eigenvalue weighted by molar-refractivity contribution is 5.74. The average molecular weight is 438 g/mol. The molecule has 1 fully saturated rings. The lowest BCUT2D eigenvalue weighted by atomic mass is 10.0. The standard InChI is InChI=1S/C25H31N3O4/c29-24(23-18-31-17-22(32-23)20-11-5-2-6-12-20)21(16-28-13-7-8-14-28)27-25(30)26-15-19-9-3-1-4-10-19/h1-5,9-11,17-18,21,24,29H,6-8,12-16H2,(H2,26,27,30)/t21-,24-/m1/s1. The van der Waals surface area contributed by atoms with Crippen LogP contribution in [-0.4, -0.2) is 47.8 Å². The summed E-state index contributed by atoms with van der Waals surface area (Å²) >= 11 is 0. The highest BCUT2D eigenvalue weighted by Crippen LogP contribution is 2.28. The molecule has 4 rings (SSSR count). The van der Waals surface area contributed by atoms with E-state index in [2.05, 4.69) is 21.6 Å². The fourth-order valence-corrected chi connectivity index (χ4v) is 4.08. The molecule has 2 heterocycles. The van der Waals surface area contributed by atoms with Crippen molar-refractivity contribution in [2.45, 2.75) is 44.4 Å². The second kappa shape index (κ2) is 11.0. The molecule has 170 valence electrons. The second-order valence-corrected chi connectivity index (χ2v) is 8.27. The molecule has 0 radical (unpaired) electrons. The van der Waals surface area contributed by atoms with Gasteiger partial charge in [-0.3, -0.25) is 0 Å². The van der Waals surface area contributed by atoms with Gasteiger partial charge in [0.05, 0.1) is 6.04 Å². The molecule has 1 aliphatic carbocycles. The van der Waals surface area contributed by atoms with E-state index in [1.807, 2.05) is 42.5 Å². The number of urea groups is 1. The number of benzene rings is 1. The zero-order chi connectivity index (χ0) is 22.2. The number of rotatable bonds is 8. The molecule has 2 amide bonds. The quantitative estimate of drug-likeness (QED) is 0.581. The van der Waals surface area contributed by atoms with E-state index >= 15 is 0 Å². The molecule has 3 aliphatic rings. The topological polar surface area (TPSA) is 83.1 Å². The first kappa shape index (κ1) is 22.2. The molecule has 1 aromatic rings. The van der Waals surface area contributed by atoms with Gasteiger partial charge in [0.25, 0.3) is 0 Å². The summed E-state index contributed by atoms with van der Waals surface area (Å²) in [4.78, 5) is 14.9. The van der Waals surface area contributed by atoms with Gasteiger partial charge < -0.3 is 30.1 Å². The monoisotopic (exact) mass is 437 g/mol. The van der Waals surface area contributed by atoms with Gasteiger partial charge in [0.15, 0.2) is 11.5 Å². The van der Waals surface area contributed by atoms with E-state index in [0.29, 0.717) is 24.6 Å². The number of aliphatic hydroxyl groups excluding tert-OH is 1. The maximum atomic E-state index is 12.6. The van der Waals surface area contributed by atoms with Gasteiger partial charge in [0.1, 0.15) is 18.6 Å². The highest BCUT2D eigenvalue weighted by atomic mass is 16.6. The molecule has 0 spiro atoms. The number of ether oxygens (including phenoxy) is 2. The van der Waals surface area contributed by atoms with Crippen molar-refractivity contribution in [3.05, 3.63) is 83.7 Å². The van der Waals surface area contributed by atoms with Gasteiger partial charge in [-0.05, 0) is 49.9 Å². The minimum Gasteiger partial charge on any atom is -0.465 e. The minimum absolute atomic E-state index is 0.297. The number of amides is 2. The van der Waals surface area contributed by atoms with Crippen LogP contribution in [-0.2, 0) is 16.0 Å². The fourth-order valence-electron chi connectivity index (χ4n) is 4.08. The number of carbonyl (C=O) groups excluding carboxylic acids is 1.